The minimum atomic E-state index is -0.445. The molecule has 0 aliphatic carbocycles. The normalized spacial score (nSPS) is 16.4. The van der Waals surface area contributed by atoms with Crippen molar-refractivity contribution in [1.29, 1.82) is 0 Å². The van der Waals surface area contributed by atoms with Gasteiger partial charge in [0.25, 0.3) is 5.91 Å². The van der Waals surface area contributed by atoms with Crippen LogP contribution in [0.15, 0.2) is 64.3 Å². The highest BCUT2D eigenvalue weighted by molar-refractivity contribution is 8.16. The molecule has 4 rings (SSSR count). The highest BCUT2D eigenvalue weighted by Gasteiger charge is 2.37. The molecule has 1 atom stereocenters. The number of halogens is 1. The quantitative estimate of drug-likeness (QED) is 0.457. The van der Waals surface area contributed by atoms with Crippen molar-refractivity contribution < 1.29 is 23.8 Å². The minimum Gasteiger partial charge on any atom is -0.493 e. The summed E-state index contributed by atoms with van der Waals surface area (Å²) in [5.41, 5.74) is 3.26. The average Bonchev–Trinajstić information content (AvgIpc) is 3.32. The molecule has 8 nitrogen and oxygen atoms in total. The Kier molecular flexibility index (Phi) is 7.91. The molecule has 0 saturated heterocycles. The van der Waals surface area contributed by atoms with Gasteiger partial charge in [0, 0.05) is 16.9 Å². The summed E-state index contributed by atoms with van der Waals surface area (Å²) in [6.45, 7) is 5.44. The molecule has 2 aromatic carbocycles. The van der Waals surface area contributed by atoms with Crippen molar-refractivity contribution in [3.8, 4) is 11.5 Å². The summed E-state index contributed by atoms with van der Waals surface area (Å²) in [6.07, 6.45) is 1.89. The van der Waals surface area contributed by atoms with Crippen molar-refractivity contribution in [3.05, 3.63) is 75.4 Å². The largest absolute Gasteiger partial charge is 0.493 e. The summed E-state index contributed by atoms with van der Waals surface area (Å²) in [5.74, 6) is 0.0796. The van der Waals surface area contributed by atoms with E-state index in [0.29, 0.717) is 33.5 Å². The Morgan fingerprint density at radius 3 is 2.75 bits per heavy atom. The van der Waals surface area contributed by atoms with E-state index in [-0.39, 0.29) is 19.1 Å². The maximum atomic E-state index is 12.9. The summed E-state index contributed by atoms with van der Waals surface area (Å²) < 4.78 is 16.7. The van der Waals surface area contributed by atoms with Crippen molar-refractivity contribution in [1.82, 2.24) is 4.90 Å². The average molecular weight is 528 g/mol. The van der Waals surface area contributed by atoms with Crippen LogP contribution in [0, 0.1) is 6.92 Å². The smallest absolute Gasteiger partial charge is 0.338 e. The molecular weight excluding hydrogens is 502 g/mol. The Balaban J connectivity index is 1.56. The third-order valence-electron chi connectivity index (χ3n) is 5.72. The van der Waals surface area contributed by atoms with Crippen molar-refractivity contribution in [2.45, 2.75) is 26.8 Å². The second kappa shape index (κ2) is 11.1. The molecule has 1 amide bonds. The van der Waals surface area contributed by atoms with Gasteiger partial charge in [-0.25, -0.2) is 9.79 Å². The molecule has 10 heteroatoms. The van der Waals surface area contributed by atoms with Crippen LogP contribution in [0.5, 0.6) is 11.5 Å². The van der Waals surface area contributed by atoms with Crippen molar-refractivity contribution >= 4 is 46.1 Å². The third kappa shape index (κ3) is 5.22. The fourth-order valence-electron chi connectivity index (χ4n) is 3.94. The molecule has 0 aromatic heterocycles. The van der Waals surface area contributed by atoms with Gasteiger partial charge in [0.15, 0.2) is 23.3 Å². The number of hydrogen-bond donors (Lipinski definition) is 1. The van der Waals surface area contributed by atoms with Gasteiger partial charge in [-0.3, -0.25) is 4.79 Å². The number of fused-ring (bicyclic) bond motifs is 1. The van der Waals surface area contributed by atoms with Gasteiger partial charge in [0.05, 0.1) is 31.0 Å². The fraction of sp³-hybridized carbons (Fsp3) is 0.269. The molecule has 2 aliphatic heterocycles. The zero-order valence-electron chi connectivity index (χ0n) is 20.3. The number of nitrogens with zero attached hydrogens (tertiary/aromatic N) is 2. The van der Waals surface area contributed by atoms with E-state index in [4.69, 9.17) is 25.8 Å². The highest BCUT2D eigenvalue weighted by atomic mass is 35.5. The number of aliphatic imine (C=N–C) groups is 1. The summed E-state index contributed by atoms with van der Waals surface area (Å²) in [4.78, 5) is 31.9. The zero-order chi connectivity index (χ0) is 25.8. The first kappa shape index (κ1) is 25.7. The monoisotopic (exact) mass is 527 g/mol. The topological polar surface area (TPSA) is 89.5 Å². The number of nitrogens with one attached hydrogen (secondary N) is 1. The van der Waals surface area contributed by atoms with E-state index in [9.17, 15) is 9.59 Å². The zero-order valence-corrected chi connectivity index (χ0v) is 21.9. The van der Waals surface area contributed by atoms with Gasteiger partial charge in [0.2, 0.25) is 0 Å². The molecule has 2 aromatic rings. The molecule has 0 unspecified atom stereocenters. The van der Waals surface area contributed by atoms with Crippen LogP contribution in [0.25, 0.3) is 0 Å². The Hall–Kier alpha value is -3.43. The number of rotatable bonds is 8. The number of hydrogen-bond acceptors (Lipinski definition) is 8. The molecule has 0 fully saturated rings. The number of anilines is 1. The molecule has 1 N–H and O–H groups in total. The second-order valence-corrected chi connectivity index (χ2v) is 9.27. The number of ether oxygens (including phenoxy) is 3. The van der Waals surface area contributed by atoms with Crippen LogP contribution in [-0.4, -0.2) is 42.3 Å². The molecule has 188 valence electrons. The maximum Gasteiger partial charge on any atom is 0.338 e. The van der Waals surface area contributed by atoms with Gasteiger partial charge < -0.3 is 24.4 Å². The molecular formula is C26H26ClN3O5S. The van der Waals surface area contributed by atoms with E-state index in [0.717, 1.165) is 16.3 Å². The number of allylic oxidation sites excluding steroid dienone is 1. The lowest BCUT2D eigenvalue weighted by atomic mass is 9.94. The van der Waals surface area contributed by atoms with Crippen LogP contribution in [0.3, 0.4) is 0 Å². The number of benzene rings is 2. The molecule has 2 heterocycles. The SMILES string of the molecule is CCOC(=O)C1=C(C)N=C2SC=CN2[C@H]1c1ccc(OCC(=O)Nc2cccc(Cl)c2C)c(OC)c1. The fourth-order valence-corrected chi connectivity index (χ4v) is 4.91. The van der Waals surface area contributed by atoms with Crippen molar-refractivity contribution in [3.63, 3.8) is 0 Å². The van der Waals surface area contributed by atoms with E-state index in [2.05, 4.69) is 10.3 Å². The number of thioether (sulfide) groups is 1. The molecule has 2 aliphatic rings. The van der Waals surface area contributed by atoms with Gasteiger partial charge >= 0.3 is 5.97 Å². The standard InChI is InChI=1S/C26H26ClN3O5S/c1-5-34-25(32)23-16(3)28-26-30(11-12-36-26)24(23)17-9-10-20(21(13-17)33-4)35-14-22(31)29-19-8-6-7-18(27)15(19)2/h6-13,24H,5,14H2,1-4H3,(H,29,31)/t24-/m0/s1. The summed E-state index contributed by atoms with van der Waals surface area (Å²) in [7, 11) is 1.52. The van der Waals surface area contributed by atoms with Gasteiger partial charge in [0.1, 0.15) is 0 Å². The van der Waals surface area contributed by atoms with Crippen LogP contribution in [-0.2, 0) is 14.3 Å². The number of carbonyl (C=O) groups is 2. The number of methoxy groups -OCH3 is 1. The van der Waals surface area contributed by atoms with Gasteiger partial charge in [-0.2, -0.15) is 0 Å². The molecule has 36 heavy (non-hydrogen) atoms. The van der Waals surface area contributed by atoms with Crippen LogP contribution >= 0.6 is 23.4 Å². The number of esters is 1. The Morgan fingerprint density at radius 2 is 2.00 bits per heavy atom. The van der Waals surface area contributed by atoms with Gasteiger partial charge in [-0.05, 0) is 61.6 Å². The summed E-state index contributed by atoms with van der Waals surface area (Å²) in [5, 5.41) is 6.07. The number of amidine groups is 1. The van der Waals surface area contributed by atoms with Crippen LogP contribution in [0.2, 0.25) is 5.02 Å². The number of amides is 1. The van der Waals surface area contributed by atoms with Crippen LogP contribution < -0.4 is 14.8 Å². The van der Waals surface area contributed by atoms with Gasteiger partial charge in [-0.15, -0.1) is 0 Å². The first-order valence-corrected chi connectivity index (χ1v) is 12.5. The lowest BCUT2D eigenvalue weighted by molar-refractivity contribution is -0.139. The van der Waals surface area contributed by atoms with E-state index < -0.39 is 12.0 Å². The van der Waals surface area contributed by atoms with Gasteiger partial charge in [-0.1, -0.05) is 35.5 Å². The predicted molar refractivity (Wildman–Crippen MR) is 141 cm³/mol. The highest BCUT2D eigenvalue weighted by Crippen LogP contribution is 2.43. The molecule has 0 radical (unpaired) electrons. The molecule has 0 saturated carbocycles. The maximum absolute atomic E-state index is 12.9. The summed E-state index contributed by atoms with van der Waals surface area (Å²) >= 11 is 7.61. The Labute approximate surface area is 219 Å². The van der Waals surface area contributed by atoms with E-state index in [1.165, 1.54) is 18.9 Å². The van der Waals surface area contributed by atoms with Crippen LogP contribution in [0.1, 0.15) is 31.0 Å². The Bertz CT molecular complexity index is 1290. The minimum absolute atomic E-state index is 0.222. The van der Waals surface area contributed by atoms with Crippen molar-refractivity contribution in [2.24, 2.45) is 4.99 Å². The lowest BCUT2D eigenvalue weighted by Crippen LogP contribution is -2.34. The lowest BCUT2D eigenvalue weighted by Gasteiger charge is -2.33. The van der Waals surface area contributed by atoms with Crippen molar-refractivity contribution in [2.75, 3.05) is 25.6 Å². The first-order chi connectivity index (χ1) is 17.3. The summed E-state index contributed by atoms with van der Waals surface area (Å²) in [6, 6.07) is 10.2. The predicted octanol–water partition coefficient (Wildman–Crippen LogP) is 5.44. The molecule has 0 spiro atoms. The third-order valence-corrected chi connectivity index (χ3v) is 6.90. The molecule has 0 bridgehead atoms. The van der Waals surface area contributed by atoms with E-state index in [1.807, 2.05) is 29.5 Å². The van der Waals surface area contributed by atoms with E-state index >= 15 is 0 Å². The van der Waals surface area contributed by atoms with E-state index in [1.54, 1.807) is 44.2 Å². The van der Waals surface area contributed by atoms with Crippen LogP contribution in [0.4, 0.5) is 5.69 Å². The second-order valence-electron chi connectivity index (χ2n) is 7.99. The number of carbonyl (C=O) groups excluding carboxylic acids is 2. The first-order valence-electron chi connectivity index (χ1n) is 11.3. The Morgan fingerprint density at radius 1 is 1.19 bits per heavy atom.